The number of amides is 1. The summed E-state index contributed by atoms with van der Waals surface area (Å²) < 4.78 is 34.8. The molecule has 0 aliphatic carbocycles. The smallest absolute Gasteiger partial charge is 0.387 e. The van der Waals surface area contributed by atoms with Crippen molar-refractivity contribution in [2.24, 2.45) is 0 Å². The fourth-order valence-corrected chi connectivity index (χ4v) is 3.73. The topological polar surface area (TPSA) is 47.6 Å². The monoisotopic (exact) mass is 437 g/mol. The van der Waals surface area contributed by atoms with E-state index in [1.54, 1.807) is 6.07 Å². The van der Waals surface area contributed by atoms with Gasteiger partial charge < -0.3 is 14.8 Å². The molecule has 0 atom stereocenters. The SMILES string of the molecule is Cc1cccc(C)c1OCc1csc(C(=O)Nc2ccc(OC(F)F)c(Cl)c2)c1. The van der Waals surface area contributed by atoms with E-state index >= 15 is 0 Å². The fraction of sp³-hybridized carbons (Fsp3) is 0.190. The minimum absolute atomic E-state index is 0.0167. The summed E-state index contributed by atoms with van der Waals surface area (Å²) in [7, 11) is 0. The molecular weight excluding hydrogens is 420 g/mol. The third-order valence-electron chi connectivity index (χ3n) is 4.08. The van der Waals surface area contributed by atoms with Crippen LogP contribution in [0.25, 0.3) is 0 Å². The summed E-state index contributed by atoms with van der Waals surface area (Å²) in [5, 5.41) is 4.53. The Kier molecular flexibility index (Phi) is 6.71. The summed E-state index contributed by atoms with van der Waals surface area (Å²) in [4.78, 5) is 12.9. The first-order valence-electron chi connectivity index (χ1n) is 8.65. The Balaban J connectivity index is 1.63. The van der Waals surface area contributed by atoms with Crippen molar-refractivity contribution >= 4 is 34.5 Å². The van der Waals surface area contributed by atoms with Crippen LogP contribution in [0.5, 0.6) is 11.5 Å². The number of halogens is 3. The molecule has 4 nitrogen and oxygen atoms in total. The molecule has 1 aromatic heterocycles. The molecule has 3 rings (SSSR count). The normalized spacial score (nSPS) is 10.8. The number of carbonyl (C=O) groups excluding carboxylic acids is 1. The predicted molar refractivity (Wildman–Crippen MR) is 111 cm³/mol. The van der Waals surface area contributed by atoms with E-state index < -0.39 is 6.61 Å². The van der Waals surface area contributed by atoms with Gasteiger partial charge in [0, 0.05) is 11.3 Å². The largest absolute Gasteiger partial charge is 0.488 e. The molecule has 1 heterocycles. The molecule has 1 amide bonds. The van der Waals surface area contributed by atoms with Crippen LogP contribution in [0.4, 0.5) is 14.5 Å². The number of hydrogen-bond acceptors (Lipinski definition) is 4. The third kappa shape index (κ3) is 5.46. The maximum Gasteiger partial charge on any atom is 0.387 e. The molecule has 0 radical (unpaired) electrons. The number of benzene rings is 2. The number of carbonyl (C=O) groups is 1. The van der Waals surface area contributed by atoms with Crippen LogP contribution < -0.4 is 14.8 Å². The second-order valence-corrected chi connectivity index (χ2v) is 7.63. The van der Waals surface area contributed by atoms with Crippen LogP contribution in [-0.4, -0.2) is 12.5 Å². The summed E-state index contributed by atoms with van der Waals surface area (Å²) in [6, 6.07) is 11.8. The first kappa shape index (κ1) is 21.1. The molecule has 0 aliphatic rings. The molecule has 0 spiro atoms. The lowest BCUT2D eigenvalue weighted by molar-refractivity contribution is -0.0497. The summed E-state index contributed by atoms with van der Waals surface area (Å²) in [6.45, 7) is 1.35. The van der Waals surface area contributed by atoms with Gasteiger partial charge in [0.1, 0.15) is 18.1 Å². The number of ether oxygens (including phenoxy) is 2. The highest BCUT2D eigenvalue weighted by Gasteiger charge is 2.13. The Morgan fingerprint density at radius 1 is 1.17 bits per heavy atom. The van der Waals surface area contributed by atoms with E-state index in [1.165, 1.54) is 29.5 Å². The Hall–Kier alpha value is -2.64. The number of hydrogen-bond donors (Lipinski definition) is 1. The zero-order valence-electron chi connectivity index (χ0n) is 15.7. The number of aryl methyl sites for hydroxylation is 2. The van der Waals surface area contributed by atoms with Crippen LogP contribution in [0, 0.1) is 13.8 Å². The number of thiophene rings is 1. The number of nitrogens with one attached hydrogen (secondary N) is 1. The van der Waals surface area contributed by atoms with Crippen LogP contribution in [0.1, 0.15) is 26.4 Å². The van der Waals surface area contributed by atoms with Gasteiger partial charge in [0.25, 0.3) is 5.91 Å². The van der Waals surface area contributed by atoms with Crippen molar-refractivity contribution in [2.45, 2.75) is 27.1 Å². The van der Waals surface area contributed by atoms with Gasteiger partial charge in [-0.2, -0.15) is 8.78 Å². The molecule has 0 bridgehead atoms. The number of anilines is 1. The van der Waals surface area contributed by atoms with Crippen molar-refractivity contribution in [3.63, 3.8) is 0 Å². The van der Waals surface area contributed by atoms with Crippen molar-refractivity contribution < 1.29 is 23.0 Å². The van der Waals surface area contributed by atoms with E-state index in [0.717, 1.165) is 22.4 Å². The van der Waals surface area contributed by atoms with Crippen LogP contribution in [-0.2, 0) is 6.61 Å². The number of para-hydroxylation sites is 1. The summed E-state index contributed by atoms with van der Waals surface area (Å²) in [5.41, 5.74) is 3.36. The molecular formula is C21H18ClF2NO3S. The van der Waals surface area contributed by atoms with Crippen molar-refractivity contribution in [3.8, 4) is 11.5 Å². The van der Waals surface area contributed by atoms with Gasteiger partial charge in [-0.15, -0.1) is 11.3 Å². The van der Waals surface area contributed by atoms with Gasteiger partial charge in [0.15, 0.2) is 0 Å². The number of alkyl halides is 2. The average molecular weight is 438 g/mol. The van der Waals surface area contributed by atoms with E-state index in [-0.39, 0.29) is 16.7 Å². The Labute approximate surface area is 176 Å². The first-order valence-corrected chi connectivity index (χ1v) is 9.91. The fourth-order valence-electron chi connectivity index (χ4n) is 2.72. The van der Waals surface area contributed by atoms with E-state index in [4.69, 9.17) is 16.3 Å². The van der Waals surface area contributed by atoms with Gasteiger partial charge in [-0.1, -0.05) is 29.8 Å². The molecule has 1 N–H and O–H groups in total. The molecule has 0 saturated carbocycles. The van der Waals surface area contributed by atoms with Crippen molar-refractivity contribution in [3.05, 3.63) is 74.4 Å². The second kappa shape index (κ2) is 9.24. The van der Waals surface area contributed by atoms with E-state index in [0.29, 0.717) is 17.2 Å². The maximum absolute atomic E-state index is 12.4. The molecule has 0 aliphatic heterocycles. The summed E-state index contributed by atoms with van der Waals surface area (Å²) >= 11 is 7.20. The Morgan fingerprint density at radius 2 is 1.90 bits per heavy atom. The van der Waals surface area contributed by atoms with Gasteiger partial charge in [-0.05, 0) is 54.6 Å². The van der Waals surface area contributed by atoms with E-state index in [9.17, 15) is 13.6 Å². The highest BCUT2D eigenvalue weighted by atomic mass is 35.5. The van der Waals surface area contributed by atoms with Crippen molar-refractivity contribution in [1.82, 2.24) is 0 Å². The first-order chi connectivity index (χ1) is 13.8. The van der Waals surface area contributed by atoms with Crippen LogP contribution in [0.2, 0.25) is 5.02 Å². The molecule has 8 heteroatoms. The summed E-state index contributed by atoms with van der Waals surface area (Å²) in [6.07, 6.45) is 0. The van der Waals surface area contributed by atoms with Crippen molar-refractivity contribution in [2.75, 3.05) is 5.32 Å². The van der Waals surface area contributed by atoms with Gasteiger partial charge in [-0.3, -0.25) is 4.79 Å². The highest BCUT2D eigenvalue weighted by Crippen LogP contribution is 2.30. The van der Waals surface area contributed by atoms with Gasteiger partial charge in [0.2, 0.25) is 0 Å². The van der Waals surface area contributed by atoms with Crippen molar-refractivity contribution in [1.29, 1.82) is 0 Å². The molecule has 0 fully saturated rings. The molecule has 3 aromatic rings. The highest BCUT2D eigenvalue weighted by molar-refractivity contribution is 7.12. The van der Waals surface area contributed by atoms with E-state index in [2.05, 4.69) is 10.1 Å². The molecule has 152 valence electrons. The zero-order valence-corrected chi connectivity index (χ0v) is 17.2. The number of rotatable bonds is 7. The quantitative estimate of drug-likeness (QED) is 0.462. The second-order valence-electron chi connectivity index (χ2n) is 6.31. The average Bonchev–Trinajstić information content (AvgIpc) is 3.12. The molecule has 0 unspecified atom stereocenters. The molecule has 0 saturated heterocycles. The Morgan fingerprint density at radius 3 is 2.55 bits per heavy atom. The Bertz CT molecular complexity index is 1000. The van der Waals surface area contributed by atoms with Crippen LogP contribution in [0.3, 0.4) is 0 Å². The summed E-state index contributed by atoms with van der Waals surface area (Å²) in [5.74, 6) is 0.360. The lowest BCUT2D eigenvalue weighted by Gasteiger charge is -2.11. The van der Waals surface area contributed by atoms with Crippen LogP contribution >= 0.6 is 22.9 Å². The minimum atomic E-state index is -2.97. The lowest BCUT2D eigenvalue weighted by atomic mass is 10.1. The zero-order chi connectivity index (χ0) is 21.0. The predicted octanol–water partition coefficient (Wildman–Crippen LogP) is 6.45. The van der Waals surface area contributed by atoms with E-state index in [1.807, 2.05) is 37.4 Å². The standard InChI is InChI=1S/C21H18ClF2NO3S/c1-12-4-3-5-13(2)19(12)27-10-14-8-18(29-11-14)20(26)25-15-6-7-17(16(22)9-15)28-21(23)24/h3-9,11,21H,10H2,1-2H3,(H,25,26). The van der Waals surface area contributed by atoms with Gasteiger partial charge in [0.05, 0.1) is 9.90 Å². The van der Waals surface area contributed by atoms with Crippen LogP contribution in [0.15, 0.2) is 47.8 Å². The third-order valence-corrected chi connectivity index (χ3v) is 5.35. The lowest BCUT2D eigenvalue weighted by Crippen LogP contribution is -2.10. The van der Waals surface area contributed by atoms with Gasteiger partial charge in [-0.25, -0.2) is 0 Å². The van der Waals surface area contributed by atoms with Gasteiger partial charge >= 0.3 is 6.61 Å². The molecule has 29 heavy (non-hydrogen) atoms. The maximum atomic E-state index is 12.4. The minimum Gasteiger partial charge on any atom is -0.488 e. The molecule has 2 aromatic carbocycles.